The van der Waals surface area contributed by atoms with Crippen molar-refractivity contribution in [2.75, 3.05) is 18.4 Å². The summed E-state index contributed by atoms with van der Waals surface area (Å²) in [5.41, 5.74) is -0.384. The van der Waals surface area contributed by atoms with Crippen LogP contribution in [0.3, 0.4) is 0 Å². The summed E-state index contributed by atoms with van der Waals surface area (Å²) in [5.74, 6) is -1.30. The van der Waals surface area contributed by atoms with Gasteiger partial charge in [-0.2, -0.15) is 0 Å². The molecule has 2 rings (SSSR count). The average Bonchev–Trinajstić information content (AvgIpc) is 3.08. The average molecular weight is 240 g/mol. The molecule has 0 atom stereocenters. The predicted octanol–water partition coefficient (Wildman–Crippen LogP) is 1.90. The van der Waals surface area contributed by atoms with Crippen LogP contribution >= 0.6 is 0 Å². The molecule has 1 saturated carbocycles. The van der Waals surface area contributed by atoms with Crippen LogP contribution in [0.25, 0.3) is 0 Å². The standard InChI is InChI=1S/C12H14F2N2O/c13-9-2-1-3-10(14)12(9)16-11(17)7-15-6-8-4-5-8/h1-3,8,15H,4-7H2,(H,16,17). The van der Waals surface area contributed by atoms with Gasteiger partial charge in [0.2, 0.25) is 5.91 Å². The van der Waals surface area contributed by atoms with E-state index >= 15 is 0 Å². The minimum Gasteiger partial charge on any atom is -0.320 e. The number of para-hydroxylation sites is 1. The van der Waals surface area contributed by atoms with Crippen LogP contribution in [-0.4, -0.2) is 19.0 Å². The molecular weight excluding hydrogens is 226 g/mol. The number of hydrogen-bond donors (Lipinski definition) is 2. The number of nitrogens with one attached hydrogen (secondary N) is 2. The maximum Gasteiger partial charge on any atom is 0.238 e. The summed E-state index contributed by atoms with van der Waals surface area (Å²) in [7, 11) is 0. The molecule has 0 unspecified atom stereocenters. The number of hydrogen-bond acceptors (Lipinski definition) is 2. The van der Waals surface area contributed by atoms with Crippen LogP contribution in [0.5, 0.6) is 0 Å². The third-order valence-corrected chi connectivity index (χ3v) is 2.64. The van der Waals surface area contributed by atoms with Crippen LogP contribution in [0.1, 0.15) is 12.8 Å². The van der Waals surface area contributed by atoms with Gasteiger partial charge >= 0.3 is 0 Å². The fraction of sp³-hybridized carbons (Fsp3) is 0.417. The number of amides is 1. The monoisotopic (exact) mass is 240 g/mol. The minimum atomic E-state index is -0.763. The topological polar surface area (TPSA) is 41.1 Å². The lowest BCUT2D eigenvalue weighted by molar-refractivity contribution is -0.115. The molecule has 1 aromatic rings. The summed E-state index contributed by atoms with van der Waals surface area (Å²) in [6.45, 7) is 0.859. The van der Waals surface area contributed by atoms with E-state index < -0.39 is 17.5 Å². The Bertz CT molecular complexity index is 399. The number of carbonyl (C=O) groups is 1. The van der Waals surface area contributed by atoms with Crippen molar-refractivity contribution in [1.29, 1.82) is 0 Å². The fourth-order valence-corrected chi connectivity index (χ4v) is 1.51. The zero-order chi connectivity index (χ0) is 12.3. The molecule has 1 aliphatic rings. The quantitative estimate of drug-likeness (QED) is 0.825. The van der Waals surface area contributed by atoms with Gasteiger partial charge in [-0.3, -0.25) is 4.79 Å². The van der Waals surface area contributed by atoms with Crippen molar-refractivity contribution >= 4 is 11.6 Å². The second kappa shape index (κ2) is 5.23. The Kier molecular flexibility index (Phi) is 3.68. The van der Waals surface area contributed by atoms with Gasteiger partial charge in [-0.25, -0.2) is 8.78 Å². The molecule has 0 bridgehead atoms. The zero-order valence-electron chi connectivity index (χ0n) is 9.30. The largest absolute Gasteiger partial charge is 0.320 e. The van der Waals surface area contributed by atoms with Crippen molar-refractivity contribution in [2.24, 2.45) is 5.92 Å². The third-order valence-electron chi connectivity index (χ3n) is 2.64. The lowest BCUT2D eigenvalue weighted by atomic mass is 10.3. The number of halogens is 2. The molecule has 92 valence electrons. The van der Waals surface area contributed by atoms with E-state index in [0.717, 1.165) is 18.7 Å². The molecule has 1 fully saturated rings. The van der Waals surface area contributed by atoms with E-state index in [2.05, 4.69) is 10.6 Å². The number of carbonyl (C=O) groups excluding carboxylic acids is 1. The van der Waals surface area contributed by atoms with Crippen LogP contribution in [0.15, 0.2) is 18.2 Å². The van der Waals surface area contributed by atoms with Gasteiger partial charge in [-0.05, 0) is 37.4 Å². The molecule has 0 radical (unpaired) electrons. The van der Waals surface area contributed by atoms with Crippen molar-refractivity contribution in [3.63, 3.8) is 0 Å². The molecule has 1 aliphatic carbocycles. The van der Waals surface area contributed by atoms with Gasteiger partial charge < -0.3 is 10.6 Å². The number of anilines is 1. The maximum atomic E-state index is 13.2. The molecule has 17 heavy (non-hydrogen) atoms. The Morgan fingerprint density at radius 2 is 1.94 bits per heavy atom. The van der Waals surface area contributed by atoms with Crippen LogP contribution in [0, 0.1) is 17.6 Å². The molecule has 0 spiro atoms. The van der Waals surface area contributed by atoms with Crippen LogP contribution in [-0.2, 0) is 4.79 Å². The second-order valence-electron chi connectivity index (χ2n) is 4.22. The molecular formula is C12H14F2N2O. The third kappa shape index (κ3) is 3.49. The summed E-state index contributed by atoms with van der Waals surface area (Å²) < 4.78 is 26.4. The Morgan fingerprint density at radius 3 is 2.53 bits per heavy atom. The van der Waals surface area contributed by atoms with Gasteiger partial charge in [-0.1, -0.05) is 6.07 Å². The molecule has 1 aromatic carbocycles. The molecule has 0 saturated heterocycles. The van der Waals surface area contributed by atoms with E-state index in [9.17, 15) is 13.6 Å². The van der Waals surface area contributed by atoms with Crippen molar-refractivity contribution in [1.82, 2.24) is 5.32 Å². The lowest BCUT2D eigenvalue weighted by Crippen LogP contribution is -2.30. The Morgan fingerprint density at radius 1 is 1.29 bits per heavy atom. The normalized spacial score (nSPS) is 14.7. The first-order chi connectivity index (χ1) is 8.16. The lowest BCUT2D eigenvalue weighted by Gasteiger charge is -2.08. The highest BCUT2D eigenvalue weighted by Crippen LogP contribution is 2.27. The highest BCUT2D eigenvalue weighted by atomic mass is 19.1. The van der Waals surface area contributed by atoms with Crippen LogP contribution in [0.4, 0.5) is 14.5 Å². The Balaban J connectivity index is 1.84. The highest BCUT2D eigenvalue weighted by molar-refractivity contribution is 5.92. The van der Waals surface area contributed by atoms with Gasteiger partial charge in [0.25, 0.3) is 0 Å². The van der Waals surface area contributed by atoms with E-state index in [-0.39, 0.29) is 12.2 Å². The maximum absolute atomic E-state index is 13.2. The minimum absolute atomic E-state index is 0.0737. The van der Waals surface area contributed by atoms with Gasteiger partial charge in [0.1, 0.15) is 17.3 Å². The number of benzene rings is 1. The van der Waals surface area contributed by atoms with Gasteiger partial charge in [0, 0.05) is 0 Å². The molecule has 1 amide bonds. The number of rotatable bonds is 5. The van der Waals surface area contributed by atoms with Crippen molar-refractivity contribution in [2.45, 2.75) is 12.8 Å². The van der Waals surface area contributed by atoms with E-state index in [4.69, 9.17) is 0 Å². The Hall–Kier alpha value is -1.49. The smallest absolute Gasteiger partial charge is 0.238 e. The van der Waals surface area contributed by atoms with E-state index in [1.54, 1.807) is 0 Å². The van der Waals surface area contributed by atoms with Crippen LogP contribution < -0.4 is 10.6 Å². The molecule has 0 aliphatic heterocycles. The SMILES string of the molecule is O=C(CNCC1CC1)Nc1c(F)cccc1F. The molecule has 0 aromatic heterocycles. The van der Waals surface area contributed by atoms with Crippen molar-refractivity contribution in [3.05, 3.63) is 29.8 Å². The summed E-state index contributed by atoms with van der Waals surface area (Å²) in [5, 5.41) is 5.17. The summed E-state index contributed by atoms with van der Waals surface area (Å²) in [6.07, 6.45) is 2.38. The predicted molar refractivity (Wildman–Crippen MR) is 60.6 cm³/mol. The van der Waals surface area contributed by atoms with Crippen molar-refractivity contribution < 1.29 is 13.6 Å². The summed E-state index contributed by atoms with van der Waals surface area (Å²) >= 11 is 0. The molecule has 0 heterocycles. The van der Waals surface area contributed by atoms with E-state index in [1.165, 1.54) is 18.9 Å². The molecule has 2 N–H and O–H groups in total. The highest BCUT2D eigenvalue weighted by Gasteiger charge is 2.20. The van der Waals surface area contributed by atoms with Crippen LogP contribution in [0.2, 0.25) is 0 Å². The molecule has 3 nitrogen and oxygen atoms in total. The summed E-state index contributed by atoms with van der Waals surface area (Å²) in [6, 6.07) is 3.47. The second-order valence-corrected chi connectivity index (χ2v) is 4.22. The first kappa shape index (κ1) is 12.0. The van der Waals surface area contributed by atoms with Gasteiger partial charge in [-0.15, -0.1) is 0 Å². The first-order valence-electron chi connectivity index (χ1n) is 5.61. The fourth-order valence-electron chi connectivity index (χ4n) is 1.51. The van der Waals surface area contributed by atoms with E-state index in [0.29, 0.717) is 5.92 Å². The van der Waals surface area contributed by atoms with Crippen molar-refractivity contribution in [3.8, 4) is 0 Å². The first-order valence-corrected chi connectivity index (χ1v) is 5.61. The van der Waals surface area contributed by atoms with Gasteiger partial charge in [0.15, 0.2) is 0 Å². The zero-order valence-corrected chi connectivity index (χ0v) is 9.30. The van der Waals surface area contributed by atoms with E-state index in [1.807, 2.05) is 0 Å². The summed E-state index contributed by atoms with van der Waals surface area (Å²) in [4.78, 5) is 11.4. The van der Waals surface area contributed by atoms with Gasteiger partial charge in [0.05, 0.1) is 6.54 Å². The molecule has 5 heteroatoms. The Labute approximate surface area is 98.2 Å².